The fourth-order valence-electron chi connectivity index (χ4n) is 0.723. The number of nitrogens with zero attached hydrogens (tertiary/aromatic N) is 1. The van der Waals surface area contributed by atoms with E-state index in [4.69, 9.17) is 4.42 Å². The minimum Gasteiger partial charge on any atom is -0.441 e. The van der Waals surface area contributed by atoms with Gasteiger partial charge in [0.25, 0.3) is 0 Å². The Morgan fingerprint density at radius 3 is 2.70 bits per heavy atom. The Morgan fingerprint density at radius 2 is 2.30 bits per heavy atom. The van der Waals surface area contributed by atoms with Gasteiger partial charge in [0.15, 0.2) is 11.3 Å². The predicted octanol–water partition coefficient (Wildman–Crippen LogP) is 0.360. The molecule has 0 unspecified atom stereocenters. The van der Waals surface area contributed by atoms with E-state index >= 15 is 0 Å². The summed E-state index contributed by atoms with van der Waals surface area (Å²) in [5.74, 6) is 0.637. The van der Waals surface area contributed by atoms with Crippen LogP contribution in [0.2, 0.25) is 0 Å². The number of hydrogen-bond acceptors (Lipinski definition) is 2. The van der Waals surface area contributed by atoms with Crippen LogP contribution >= 0.6 is 0 Å². The van der Waals surface area contributed by atoms with Crippen LogP contribution in [-0.4, -0.2) is 4.98 Å². The van der Waals surface area contributed by atoms with Gasteiger partial charge in [-0.05, 0) is 6.08 Å². The maximum absolute atomic E-state index is 5.15. The lowest BCUT2D eigenvalue weighted by atomic mass is 10.5. The van der Waals surface area contributed by atoms with Crippen LogP contribution in [0.5, 0.6) is 0 Å². The maximum atomic E-state index is 5.15. The molecule has 0 atom stereocenters. The van der Waals surface area contributed by atoms with Gasteiger partial charge in [0.2, 0.25) is 0 Å². The average molecular weight is 135 g/mol. The summed E-state index contributed by atoms with van der Waals surface area (Å²) in [5, 5.41) is 0.664. The van der Waals surface area contributed by atoms with Crippen LogP contribution in [0.3, 0.4) is 0 Å². The number of aromatic nitrogens is 1. The van der Waals surface area contributed by atoms with Crippen molar-refractivity contribution in [3.8, 4) is 0 Å². The average Bonchev–Trinajstić information content (AvgIpc) is 2.13. The molecule has 2 heteroatoms. The van der Waals surface area contributed by atoms with Gasteiger partial charge >= 0.3 is 0 Å². The quantitative estimate of drug-likeness (QED) is 0.555. The molecule has 0 fully saturated rings. The number of rotatable bonds is 1. The topological polar surface area (TPSA) is 26.0 Å². The molecular weight excluding hydrogens is 126 g/mol. The van der Waals surface area contributed by atoms with E-state index in [1.165, 1.54) is 0 Å². The van der Waals surface area contributed by atoms with Gasteiger partial charge in [0.05, 0.1) is 0 Å². The summed E-state index contributed by atoms with van der Waals surface area (Å²) in [6.45, 7) is 9.00. The van der Waals surface area contributed by atoms with Gasteiger partial charge in [-0.15, -0.1) is 0 Å². The summed E-state index contributed by atoms with van der Waals surface area (Å²) in [6, 6.07) is 0. The van der Waals surface area contributed by atoms with Gasteiger partial charge in [0, 0.05) is 6.92 Å². The van der Waals surface area contributed by atoms with Crippen molar-refractivity contribution in [2.24, 2.45) is 0 Å². The molecule has 1 rings (SSSR count). The van der Waals surface area contributed by atoms with Crippen molar-refractivity contribution in [2.45, 2.75) is 6.92 Å². The van der Waals surface area contributed by atoms with Crippen LogP contribution in [0.25, 0.3) is 12.7 Å². The fourth-order valence-corrected chi connectivity index (χ4v) is 0.723. The SMILES string of the molecule is C=C/C=c1/oc(C)nc1=C. The Balaban J connectivity index is 3.42. The summed E-state index contributed by atoms with van der Waals surface area (Å²) in [6.07, 6.45) is 3.39. The number of allylic oxidation sites excluding steroid dienone is 1. The zero-order chi connectivity index (χ0) is 7.56. The Kier molecular flexibility index (Phi) is 1.71. The monoisotopic (exact) mass is 135 g/mol. The Morgan fingerprint density at radius 1 is 1.60 bits per heavy atom. The van der Waals surface area contributed by atoms with Gasteiger partial charge in [0.1, 0.15) is 5.35 Å². The van der Waals surface area contributed by atoms with E-state index in [2.05, 4.69) is 18.1 Å². The first kappa shape index (κ1) is 6.81. The van der Waals surface area contributed by atoms with Crippen LogP contribution in [0.1, 0.15) is 5.89 Å². The van der Waals surface area contributed by atoms with Crippen LogP contribution in [0.15, 0.2) is 17.1 Å². The van der Waals surface area contributed by atoms with Gasteiger partial charge < -0.3 is 4.42 Å². The van der Waals surface area contributed by atoms with Crippen LogP contribution in [0, 0.1) is 6.92 Å². The summed E-state index contributed by atoms with van der Waals surface area (Å²) in [7, 11) is 0. The molecule has 0 aromatic carbocycles. The summed E-state index contributed by atoms with van der Waals surface area (Å²) >= 11 is 0. The van der Waals surface area contributed by atoms with E-state index in [1.54, 1.807) is 19.1 Å². The van der Waals surface area contributed by atoms with Crippen LogP contribution in [-0.2, 0) is 0 Å². The lowest BCUT2D eigenvalue weighted by Crippen LogP contribution is -2.19. The zero-order valence-corrected chi connectivity index (χ0v) is 5.92. The normalized spacial score (nSPS) is 11.9. The fraction of sp³-hybridized carbons (Fsp3) is 0.125. The Labute approximate surface area is 59.2 Å². The Bertz CT molecular complexity index is 335. The van der Waals surface area contributed by atoms with Crippen LogP contribution < -0.4 is 10.8 Å². The predicted molar refractivity (Wildman–Crippen MR) is 40.7 cm³/mol. The second kappa shape index (κ2) is 2.52. The van der Waals surface area contributed by atoms with Gasteiger partial charge in [-0.3, -0.25) is 0 Å². The highest BCUT2D eigenvalue weighted by Gasteiger charge is 1.89. The standard InChI is InChI=1S/C8H9NO/c1-4-5-8-6(2)9-7(3)10-8/h4-5H,1-2H2,3H3/b8-5+. The molecule has 0 saturated carbocycles. The zero-order valence-electron chi connectivity index (χ0n) is 5.92. The minimum absolute atomic E-state index is 0.637. The number of hydrogen-bond donors (Lipinski definition) is 0. The molecule has 0 bridgehead atoms. The van der Waals surface area contributed by atoms with Crippen molar-refractivity contribution in [1.82, 2.24) is 4.98 Å². The third kappa shape index (κ3) is 1.16. The van der Waals surface area contributed by atoms with Gasteiger partial charge in [-0.2, -0.15) is 0 Å². The molecule has 2 nitrogen and oxygen atoms in total. The molecule has 0 aliphatic rings. The lowest BCUT2D eigenvalue weighted by Gasteiger charge is -1.71. The first-order valence-electron chi connectivity index (χ1n) is 2.99. The highest BCUT2D eigenvalue weighted by Crippen LogP contribution is 1.78. The highest BCUT2D eigenvalue weighted by atomic mass is 16.3. The van der Waals surface area contributed by atoms with Crippen molar-refractivity contribution in [1.29, 1.82) is 0 Å². The molecule has 0 amide bonds. The first-order valence-corrected chi connectivity index (χ1v) is 2.99. The van der Waals surface area contributed by atoms with Crippen molar-refractivity contribution < 1.29 is 4.42 Å². The van der Waals surface area contributed by atoms with E-state index in [9.17, 15) is 0 Å². The summed E-state index contributed by atoms with van der Waals surface area (Å²) < 4.78 is 5.15. The van der Waals surface area contributed by atoms with E-state index in [0.29, 0.717) is 16.7 Å². The van der Waals surface area contributed by atoms with Crippen molar-refractivity contribution in [3.05, 3.63) is 29.3 Å². The Hall–Kier alpha value is -1.31. The van der Waals surface area contributed by atoms with E-state index in [1.807, 2.05) is 0 Å². The molecule has 52 valence electrons. The van der Waals surface area contributed by atoms with E-state index in [-0.39, 0.29) is 0 Å². The molecule has 0 N–H and O–H groups in total. The number of aryl methyl sites for hydroxylation is 1. The lowest BCUT2D eigenvalue weighted by molar-refractivity contribution is 0.492. The first-order chi connectivity index (χ1) is 4.74. The number of oxazole rings is 1. The van der Waals surface area contributed by atoms with Crippen molar-refractivity contribution in [2.75, 3.05) is 0 Å². The second-order valence-corrected chi connectivity index (χ2v) is 1.95. The van der Waals surface area contributed by atoms with E-state index in [0.717, 1.165) is 0 Å². The largest absolute Gasteiger partial charge is 0.441 e. The molecule has 0 aliphatic heterocycles. The summed E-state index contributed by atoms with van der Waals surface area (Å²) in [4.78, 5) is 3.97. The van der Waals surface area contributed by atoms with Gasteiger partial charge in [-0.1, -0.05) is 19.2 Å². The summed E-state index contributed by atoms with van der Waals surface area (Å²) in [5.41, 5.74) is 0.688. The van der Waals surface area contributed by atoms with Gasteiger partial charge in [-0.25, -0.2) is 4.98 Å². The van der Waals surface area contributed by atoms with Crippen molar-refractivity contribution >= 4 is 12.7 Å². The molecule has 0 saturated heterocycles. The molecule has 1 aromatic heterocycles. The molecule has 0 aliphatic carbocycles. The third-order valence-electron chi connectivity index (χ3n) is 1.10. The van der Waals surface area contributed by atoms with Crippen molar-refractivity contribution in [3.63, 3.8) is 0 Å². The highest BCUT2D eigenvalue weighted by molar-refractivity contribution is 5.31. The molecule has 0 spiro atoms. The van der Waals surface area contributed by atoms with E-state index < -0.39 is 0 Å². The molecular formula is C8H9NO. The molecule has 1 aromatic rings. The smallest absolute Gasteiger partial charge is 0.192 e. The van der Waals surface area contributed by atoms with Crippen LogP contribution in [0.4, 0.5) is 0 Å². The molecule has 0 radical (unpaired) electrons. The minimum atomic E-state index is 0.637. The molecule has 1 heterocycles. The third-order valence-corrected chi connectivity index (χ3v) is 1.10. The maximum Gasteiger partial charge on any atom is 0.192 e. The molecule has 10 heavy (non-hydrogen) atoms. The second-order valence-electron chi connectivity index (χ2n) is 1.95.